The van der Waals surface area contributed by atoms with Crippen LogP contribution in [0.5, 0.6) is 0 Å². The minimum atomic E-state index is -4.47. The molecule has 0 aliphatic heterocycles. The Morgan fingerprint density at radius 3 is 2.62 bits per heavy atom. The molecule has 0 fully saturated rings. The minimum Gasteiger partial charge on any atom is -0.354 e. The maximum absolute atomic E-state index is 12.7. The summed E-state index contributed by atoms with van der Waals surface area (Å²) in [5.41, 5.74) is -0.116. The van der Waals surface area contributed by atoms with Crippen molar-refractivity contribution in [3.8, 4) is 0 Å². The van der Waals surface area contributed by atoms with Crippen LogP contribution in [0.1, 0.15) is 35.1 Å². The van der Waals surface area contributed by atoms with Gasteiger partial charge in [-0.25, -0.2) is 9.97 Å². The van der Waals surface area contributed by atoms with E-state index in [4.69, 9.17) is 0 Å². The monoisotopic (exact) mass is 338 g/mol. The molecule has 1 amide bonds. The summed E-state index contributed by atoms with van der Waals surface area (Å²) in [5, 5.41) is 5.40. The molecule has 24 heavy (non-hydrogen) atoms. The first-order valence-corrected chi connectivity index (χ1v) is 7.37. The number of nitrogens with zero attached hydrogens (tertiary/aromatic N) is 2. The van der Waals surface area contributed by atoms with Crippen LogP contribution in [0.15, 0.2) is 30.3 Å². The minimum absolute atomic E-state index is 0.0501. The third-order valence-corrected chi connectivity index (χ3v) is 3.07. The second-order valence-electron chi connectivity index (χ2n) is 5.18. The number of rotatable bonds is 5. The maximum atomic E-state index is 12.7. The van der Waals surface area contributed by atoms with Gasteiger partial charge < -0.3 is 10.6 Å². The van der Waals surface area contributed by atoms with Gasteiger partial charge in [-0.05, 0) is 37.6 Å². The summed E-state index contributed by atoms with van der Waals surface area (Å²) in [6, 6.07) is 5.91. The van der Waals surface area contributed by atoms with E-state index in [1.807, 2.05) is 6.92 Å². The van der Waals surface area contributed by atoms with E-state index < -0.39 is 17.6 Å². The first-order valence-electron chi connectivity index (χ1n) is 7.37. The number of aromatic nitrogens is 2. The van der Waals surface area contributed by atoms with Crippen LogP contribution in [-0.4, -0.2) is 22.4 Å². The molecule has 2 rings (SSSR count). The van der Waals surface area contributed by atoms with Crippen molar-refractivity contribution in [3.63, 3.8) is 0 Å². The third kappa shape index (κ3) is 4.68. The van der Waals surface area contributed by atoms with Crippen molar-refractivity contribution in [3.05, 3.63) is 47.3 Å². The lowest BCUT2D eigenvalue weighted by Crippen LogP contribution is -2.17. The maximum Gasteiger partial charge on any atom is 0.416 e. The topological polar surface area (TPSA) is 66.9 Å². The molecule has 0 unspecified atom stereocenters. The summed E-state index contributed by atoms with van der Waals surface area (Å²) in [7, 11) is 0. The molecule has 0 saturated heterocycles. The fraction of sp³-hybridized carbons (Fsp3) is 0.312. The number of aryl methyl sites for hydroxylation is 1. The Hall–Kier alpha value is -2.64. The van der Waals surface area contributed by atoms with Gasteiger partial charge in [-0.3, -0.25) is 4.79 Å². The highest BCUT2D eigenvalue weighted by Crippen LogP contribution is 2.30. The van der Waals surface area contributed by atoms with Crippen LogP contribution in [-0.2, 0) is 6.18 Å². The van der Waals surface area contributed by atoms with Gasteiger partial charge in [0.25, 0.3) is 5.91 Å². The number of carbonyl (C=O) groups is 1. The van der Waals surface area contributed by atoms with Gasteiger partial charge in [0.15, 0.2) is 0 Å². The molecule has 0 aliphatic rings. The highest BCUT2D eigenvalue weighted by atomic mass is 19.4. The number of halogens is 3. The standard InChI is InChI=1S/C16H17F3N4O/c1-3-7-20-15-21-10(2)8-13(23-15)14(24)22-12-6-4-5-11(9-12)16(17,18)19/h4-6,8-9H,3,7H2,1-2H3,(H,22,24)(H,20,21,23). The molecule has 128 valence electrons. The molecule has 2 N–H and O–H groups in total. The number of amides is 1. The molecule has 0 aliphatic carbocycles. The molecular formula is C16H17F3N4O. The summed E-state index contributed by atoms with van der Waals surface area (Å²) in [6.45, 7) is 4.34. The Balaban J connectivity index is 2.19. The van der Waals surface area contributed by atoms with E-state index in [9.17, 15) is 18.0 Å². The normalized spacial score (nSPS) is 11.2. The third-order valence-electron chi connectivity index (χ3n) is 3.07. The van der Waals surface area contributed by atoms with Gasteiger partial charge in [-0.2, -0.15) is 13.2 Å². The Labute approximate surface area is 137 Å². The van der Waals surface area contributed by atoms with Crippen molar-refractivity contribution >= 4 is 17.5 Å². The van der Waals surface area contributed by atoms with Gasteiger partial charge in [0.05, 0.1) is 5.56 Å². The molecule has 2 aromatic rings. The van der Waals surface area contributed by atoms with E-state index in [1.54, 1.807) is 6.92 Å². The van der Waals surface area contributed by atoms with E-state index in [0.29, 0.717) is 18.2 Å². The molecule has 0 spiro atoms. The number of hydrogen-bond acceptors (Lipinski definition) is 4. The van der Waals surface area contributed by atoms with E-state index >= 15 is 0 Å². The van der Waals surface area contributed by atoms with Crippen molar-refractivity contribution in [2.45, 2.75) is 26.4 Å². The Morgan fingerprint density at radius 1 is 1.21 bits per heavy atom. The summed E-state index contributed by atoms with van der Waals surface area (Å²) < 4.78 is 38.1. The Morgan fingerprint density at radius 2 is 1.96 bits per heavy atom. The number of anilines is 2. The largest absolute Gasteiger partial charge is 0.416 e. The smallest absolute Gasteiger partial charge is 0.354 e. The lowest BCUT2D eigenvalue weighted by Gasteiger charge is -2.10. The van der Waals surface area contributed by atoms with Crippen molar-refractivity contribution in [2.24, 2.45) is 0 Å². The molecule has 8 heteroatoms. The lowest BCUT2D eigenvalue weighted by molar-refractivity contribution is -0.137. The zero-order valence-electron chi connectivity index (χ0n) is 13.2. The van der Waals surface area contributed by atoms with Crippen molar-refractivity contribution in [1.82, 2.24) is 9.97 Å². The van der Waals surface area contributed by atoms with Gasteiger partial charge in [-0.1, -0.05) is 13.0 Å². The second kappa shape index (κ2) is 7.29. The predicted molar refractivity (Wildman–Crippen MR) is 84.9 cm³/mol. The molecule has 5 nitrogen and oxygen atoms in total. The second-order valence-corrected chi connectivity index (χ2v) is 5.18. The van der Waals surface area contributed by atoms with Gasteiger partial charge in [0.1, 0.15) is 5.69 Å². The summed E-state index contributed by atoms with van der Waals surface area (Å²) in [6.07, 6.45) is -3.60. The summed E-state index contributed by atoms with van der Waals surface area (Å²) in [5.74, 6) is -0.287. The van der Waals surface area contributed by atoms with Crippen LogP contribution in [0.3, 0.4) is 0 Å². The first kappa shape index (κ1) is 17.7. The molecule has 0 atom stereocenters. The average molecular weight is 338 g/mol. The highest BCUT2D eigenvalue weighted by Gasteiger charge is 2.30. The summed E-state index contributed by atoms with van der Waals surface area (Å²) >= 11 is 0. The Bertz CT molecular complexity index is 732. The zero-order chi connectivity index (χ0) is 17.7. The number of alkyl halides is 3. The van der Waals surface area contributed by atoms with Crippen LogP contribution >= 0.6 is 0 Å². The van der Waals surface area contributed by atoms with Crippen molar-refractivity contribution < 1.29 is 18.0 Å². The van der Waals surface area contributed by atoms with Gasteiger partial charge in [0, 0.05) is 17.9 Å². The van der Waals surface area contributed by atoms with E-state index in [-0.39, 0.29) is 11.4 Å². The van der Waals surface area contributed by atoms with Gasteiger partial charge in [0.2, 0.25) is 5.95 Å². The van der Waals surface area contributed by atoms with Crippen LogP contribution in [0, 0.1) is 6.92 Å². The van der Waals surface area contributed by atoms with E-state index in [1.165, 1.54) is 18.2 Å². The van der Waals surface area contributed by atoms with Crippen molar-refractivity contribution in [2.75, 3.05) is 17.2 Å². The fourth-order valence-corrected chi connectivity index (χ4v) is 1.97. The predicted octanol–water partition coefficient (Wildman–Crippen LogP) is 3.88. The molecule has 1 aromatic carbocycles. The molecular weight excluding hydrogens is 321 g/mol. The van der Waals surface area contributed by atoms with Crippen LogP contribution in [0.25, 0.3) is 0 Å². The first-order chi connectivity index (χ1) is 11.3. The van der Waals surface area contributed by atoms with E-state index in [2.05, 4.69) is 20.6 Å². The van der Waals surface area contributed by atoms with Crippen LogP contribution in [0.4, 0.5) is 24.8 Å². The van der Waals surface area contributed by atoms with Crippen molar-refractivity contribution in [1.29, 1.82) is 0 Å². The fourth-order valence-electron chi connectivity index (χ4n) is 1.97. The Kier molecular flexibility index (Phi) is 5.38. The zero-order valence-corrected chi connectivity index (χ0v) is 13.2. The molecule has 0 saturated carbocycles. The quantitative estimate of drug-likeness (QED) is 0.868. The van der Waals surface area contributed by atoms with Crippen LogP contribution in [0.2, 0.25) is 0 Å². The number of benzene rings is 1. The van der Waals surface area contributed by atoms with E-state index in [0.717, 1.165) is 18.6 Å². The molecule has 1 heterocycles. The molecule has 0 bridgehead atoms. The number of carbonyl (C=O) groups excluding carboxylic acids is 1. The number of hydrogen-bond donors (Lipinski definition) is 2. The highest BCUT2D eigenvalue weighted by molar-refractivity contribution is 6.03. The molecule has 0 radical (unpaired) electrons. The summed E-state index contributed by atoms with van der Waals surface area (Å²) in [4.78, 5) is 20.5. The average Bonchev–Trinajstić information content (AvgIpc) is 2.52. The molecule has 1 aromatic heterocycles. The van der Waals surface area contributed by atoms with Gasteiger partial charge >= 0.3 is 6.18 Å². The van der Waals surface area contributed by atoms with Crippen LogP contribution < -0.4 is 10.6 Å². The van der Waals surface area contributed by atoms with Gasteiger partial charge in [-0.15, -0.1) is 0 Å². The SMILES string of the molecule is CCCNc1nc(C)cc(C(=O)Nc2cccc(C(F)(F)F)c2)n1. The lowest BCUT2D eigenvalue weighted by atomic mass is 10.2. The number of nitrogens with one attached hydrogen (secondary N) is 2.